The van der Waals surface area contributed by atoms with Gasteiger partial charge in [-0.05, 0) is 19.3 Å². The first kappa shape index (κ1) is 21.9. The second-order valence-corrected chi connectivity index (χ2v) is 8.26. The third-order valence-electron chi connectivity index (χ3n) is 6.51. The molecule has 5 rings (SSSR count). The van der Waals surface area contributed by atoms with Crippen LogP contribution in [0.15, 0.2) is 29.4 Å². The Hall–Kier alpha value is -3.28. The largest absolute Gasteiger partial charge is 0.483 e. The van der Waals surface area contributed by atoms with Gasteiger partial charge >= 0.3 is 0 Å². The molecule has 12 nitrogen and oxygen atoms in total. The van der Waals surface area contributed by atoms with Crippen LogP contribution in [-0.2, 0) is 20.9 Å². The average Bonchev–Trinajstić information content (AvgIpc) is 3.59. The van der Waals surface area contributed by atoms with E-state index in [9.17, 15) is 9.59 Å². The summed E-state index contributed by atoms with van der Waals surface area (Å²) in [6.07, 6.45) is 7.89. The zero-order valence-corrected chi connectivity index (χ0v) is 17.5. The minimum atomic E-state index is -0.275. The Kier molecular flexibility index (Phi) is 6.49. The van der Waals surface area contributed by atoms with Crippen molar-refractivity contribution in [3.63, 3.8) is 0 Å². The average molecular weight is 446 g/mol. The van der Waals surface area contributed by atoms with Crippen LogP contribution in [0.3, 0.4) is 0 Å². The van der Waals surface area contributed by atoms with Crippen molar-refractivity contribution in [1.29, 1.82) is 0 Å². The highest BCUT2D eigenvalue weighted by Gasteiger charge is 2.63. The van der Waals surface area contributed by atoms with Crippen LogP contribution in [0.25, 0.3) is 0 Å². The lowest BCUT2D eigenvalue weighted by Crippen LogP contribution is -2.41. The molecule has 12 heteroatoms. The number of aryl methyl sites for hydroxylation is 1. The molecule has 0 aliphatic carbocycles. The van der Waals surface area contributed by atoms with E-state index in [1.165, 1.54) is 12.5 Å². The van der Waals surface area contributed by atoms with Gasteiger partial charge in [0.1, 0.15) is 12.7 Å². The predicted molar refractivity (Wildman–Crippen MR) is 107 cm³/mol. The molecule has 0 saturated carbocycles. The summed E-state index contributed by atoms with van der Waals surface area (Å²) in [5.41, 5.74) is -0.275. The van der Waals surface area contributed by atoms with E-state index < -0.39 is 0 Å². The maximum Gasteiger partial charge on any atom is 0.292 e. The highest BCUT2D eigenvalue weighted by Crippen LogP contribution is 2.54. The third-order valence-corrected chi connectivity index (χ3v) is 6.51. The lowest BCUT2D eigenvalue weighted by Gasteiger charge is -2.29. The highest BCUT2D eigenvalue weighted by atomic mass is 16.5. The Labute approximate surface area is 183 Å². The van der Waals surface area contributed by atoms with Gasteiger partial charge in [0, 0.05) is 44.0 Å². The summed E-state index contributed by atoms with van der Waals surface area (Å²) in [5, 5.41) is 17.6. The molecule has 3 aliphatic heterocycles. The lowest BCUT2D eigenvalue weighted by molar-refractivity contribution is -0.123. The van der Waals surface area contributed by atoms with Gasteiger partial charge in [-0.25, -0.2) is 4.98 Å². The monoisotopic (exact) mass is 446 g/mol. The topological polar surface area (TPSA) is 153 Å². The van der Waals surface area contributed by atoms with E-state index in [-0.39, 0.29) is 47.6 Å². The Morgan fingerprint density at radius 3 is 2.97 bits per heavy atom. The van der Waals surface area contributed by atoms with Crippen LogP contribution in [-0.4, -0.2) is 79.6 Å². The number of fused-ring (bicyclic) bond motifs is 1. The molecule has 2 N–H and O–H groups in total. The fourth-order valence-corrected chi connectivity index (χ4v) is 5.17. The summed E-state index contributed by atoms with van der Waals surface area (Å²) in [4.78, 5) is 39.0. The van der Waals surface area contributed by atoms with Crippen molar-refractivity contribution in [3.8, 4) is 0 Å². The minimum Gasteiger partial charge on any atom is -0.483 e. The smallest absolute Gasteiger partial charge is 0.292 e. The molecule has 3 fully saturated rings. The van der Waals surface area contributed by atoms with Crippen molar-refractivity contribution in [3.05, 3.63) is 30.7 Å². The normalized spacial score (nSPS) is 27.5. The van der Waals surface area contributed by atoms with Gasteiger partial charge < -0.3 is 24.6 Å². The maximum atomic E-state index is 12.7. The van der Waals surface area contributed by atoms with Crippen molar-refractivity contribution in [2.75, 3.05) is 19.6 Å². The molecular formula is C20H26N6O6. The molecule has 172 valence electrons. The Balaban J connectivity index is 0.000000775. The number of carbonyl (C=O) groups is 3. The minimum absolute atomic E-state index is 0.0366. The number of carboxylic acid groups (broad SMARTS) is 1. The van der Waals surface area contributed by atoms with Gasteiger partial charge in [-0.1, -0.05) is 5.16 Å². The molecule has 1 spiro atoms. The van der Waals surface area contributed by atoms with Crippen LogP contribution >= 0.6 is 0 Å². The van der Waals surface area contributed by atoms with E-state index in [0.29, 0.717) is 39.0 Å². The number of carbonyl (C=O) groups excluding carboxylic acids is 2. The molecule has 2 aromatic rings. The van der Waals surface area contributed by atoms with Crippen molar-refractivity contribution >= 4 is 18.3 Å². The molecule has 0 unspecified atom stereocenters. The zero-order valence-electron chi connectivity index (χ0n) is 17.5. The van der Waals surface area contributed by atoms with Gasteiger partial charge in [0.25, 0.3) is 12.4 Å². The second kappa shape index (κ2) is 9.47. The first-order chi connectivity index (χ1) is 15.6. The summed E-state index contributed by atoms with van der Waals surface area (Å²) in [6, 6.07) is 1.59. The molecule has 32 heavy (non-hydrogen) atoms. The van der Waals surface area contributed by atoms with Crippen molar-refractivity contribution in [1.82, 2.24) is 30.1 Å². The molecule has 2 bridgehead atoms. The van der Waals surface area contributed by atoms with Crippen LogP contribution in [0, 0.1) is 11.8 Å². The Bertz CT molecular complexity index is 919. The van der Waals surface area contributed by atoms with E-state index in [4.69, 9.17) is 19.2 Å². The van der Waals surface area contributed by atoms with Crippen molar-refractivity contribution < 1.29 is 28.8 Å². The van der Waals surface area contributed by atoms with Gasteiger partial charge in [0.05, 0.1) is 24.4 Å². The molecule has 2 amide bonds. The summed E-state index contributed by atoms with van der Waals surface area (Å²) >= 11 is 0. The van der Waals surface area contributed by atoms with Crippen LogP contribution in [0.1, 0.15) is 36.2 Å². The number of aromatic nitrogens is 4. The fraction of sp³-hybridized carbons (Fsp3) is 0.600. The summed E-state index contributed by atoms with van der Waals surface area (Å²) in [5.74, 6) is 0.621. The van der Waals surface area contributed by atoms with Crippen molar-refractivity contribution in [2.24, 2.45) is 11.8 Å². The Morgan fingerprint density at radius 2 is 2.25 bits per heavy atom. The molecule has 5 heterocycles. The van der Waals surface area contributed by atoms with Crippen LogP contribution < -0.4 is 5.32 Å². The van der Waals surface area contributed by atoms with Gasteiger partial charge in [0.2, 0.25) is 11.7 Å². The number of nitrogens with one attached hydrogen (secondary N) is 1. The maximum absolute atomic E-state index is 12.7. The number of ether oxygens (including phenoxy) is 1. The Morgan fingerprint density at radius 1 is 1.41 bits per heavy atom. The lowest BCUT2D eigenvalue weighted by atomic mass is 9.73. The second-order valence-electron chi connectivity index (χ2n) is 8.26. The number of likely N-dealkylation sites (tertiary alicyclic amines) is 1. The highest BCUT2D eigenvalue weighted by molar-refractivity contribution is 5.91. The molecule has 0 aromatic carbocycles. The zero-order chi connectivity index (χ0) is 22.6. The number of nitrogens with zero attached hydrogens (tertiary/aromatic N) is 5. The van der Waals surface area contributed by atoms with E-state index in [2.05, 4.69) is 20.6 Å². The number of hydrogen-bond acceptors (Lipinski definition) is 8. The molecular weight excluding hydrogens is 420 g/mol. The third kappa shape index (κ3) is 4.35. The van der Waals surface area contributed by atoms with Crippen molar-refractivity contribution in [2.45, 2.75) is 43.9 Å². The van der Waals surface area contributed by atoms with E-state index >= 15 is 0 Å². The van der Waals surface area contributed by atoms with Crippen LogP contribution in [0.4, 0.5) is 0 Å². The molecule has 0 radical (unpaired) electrons. The van der Waals surface area contributed by atoms with Crippen LogP contribution in [0.5, 0.6) is 0 Å². The van der Waals surface area contributed by atoms with Gasteiger partial charge in [-0.3, -0.25) is 19.1 Å². The molecule has 3 saturated heterocycles. The van der Waals surface area contributed by atoms with Gasteiger partial charge in [0.15, 0.2) is 0 Å². The molecule has 4 atom stereocenters. The first-order valence-electron chi connectivity index (χ1n) is 10.6. The van der Waals surface area contributed by atoms with Gasteiger partial charge in [-0.15, -0.1) is 0 Å². The number of hydrogen-bond donors (Lipinski definition) is 2. The number of amides is 2. The molecule has 2 aromatic heterocycles. The molecule has 3 aliphatic rings. The quantitative estimate of drug-likeness (QED) is 0.567. The summed E-state index contributed by atoms with van der Waals surface area (Å²) in [7, 11) is 0. The standard InChI is InChI=1S/C19H24N6O4.CH2O2/c26-17(2-1-7-25-12-20-11-22-25)21-8-13-14-9-24(18(27)16-4-6-23-29-16)10-19(14)5-3-15(13)28-19;2-1-3/h4,6,11-15H,1-3,5,7-10H2,(H,21,26);1H,(H,2,3)/t13-,14+,15+,19+;/m0./s1. The fourth-order valence-electron chi connectivity index (χ4n) is 5.17. The van der Waals surface area contributed by atoms with Gasteiger partial charge in [-0.2, -0.15) is 5.10 Å². The predicted octanol–water partition coefficient (Wildman–Crippen LogP) is 0.183. The first-order valence-corrected chi connectivity index (χ1v) is 10.6. The van der Waals surface area contributed by atoms with E-state index in [1.807, 2.05) is 0 Å². The summed E-state index contributed by atoms with van der Waals surface area (Å²) < 4.78 is 13.1. The van der Waals surface area contributed by atoms with E-state index in [0.717, 1.165) is 12.8 Å². The number of rotatable bonds is 7. The summed E-state index contributed by atoms with van der Waals surface area (Å²) in [6.45, 7) is 2.22. The SMILES string of the molecule is O=C(CCCn1cncn1)NC[C@H]1[C@H]2CN(C(=O)c3ccno3)C[C@]23CC[C@H]1O3.O=CO. The van der Waals surface area contributed by atoms with E-state index in [1.54, 1.807) is 22.0 Å². The van der Waals surface area contributed by atoms with Crippen LogP contribution in [0.2, 0.25) is 0 Å².